The summed E-state index contributed by atoms with van der Waals surface area (Å²) in [5, 5.41) is 10.2. The van der Waals surface area contributed by atoms with E-state index in [4.69, 9.17) is 0 Å². The topological polar surface area (TPSA) is 79.3 Å². The lowest BCUT2D eigenvalue weighted by Crippen LogP contribution is -2.36. The largest absolute Gasteiger partial charge is 0.309 e. The molecule has 1 aromatic heterocycles. The Morgan fingerprint density at radius 1 is 1.19 bits per heavy atom. The fourth-order valence-electron chi connectivity index (χ4n) is 4.31. The van der Waals surface area contributed by atoms with Crippen LogP contribution in [0.1, 0.15) is 54.7 Å². The maximum absolute atomic E-state index is 14.1. The lowest BCUT2D eigenvalue weighted by molar-refractivity contribution is -0.115. The number of nitrogens with one attached hydrogen (secondary N) is 2. The van der Waals surface area contributed by atoms with Gasteiger partial charge in [-0.1, -0.05) is 12.1 Å². The van der Waals surface area contributed by atoms with Crippen molar-refractivity contribution in [3.8, 4) is 0 Å². The number of hydrogen-bond acceptors (Lipinski definition) is 5. The predicted molar refractivity (Wildman–Crippen MR) is 119 cm³/mol. The Morgan fingerprint density at radius 2 is 1.87 bits per heavy atom. The summed E-state index contributed by atoms with van der Waals surface area (Å²) in [4.78, 5) is 27.9. The van der Waals surface area contributed by atoms with E-state index in [-0.39, 0.29) is 29.4 Å². The third kappa shape index (κ3) is 5.37. The van der Waals surface area contributed by atoms with Gasteiger partial charge in [0.25, 0.3) is 0 Å². The molecular formula is C23H32FN5O2. The van der Waals surface area contributed by atoms with Crippen molar-refractivity contribution in [2.75, 3.05) is 25.0 Å². The van der Waals surface area contributed by atoms with Crippen LogP contribution in [0.2, 0.25) is 0 Å². The number of likely N-dealkylation sites (tertiary alicyclic amines) is 1. The first-order valence-electron chi connectivity index (χ1n) is 10.9. The molecular weight excluding hydrogens is 397 g/mol. The summed E-state index contributed by atoms with van der Waals surface area (Å²) in [5.74, 6) is -1.09. The van der Waals surface area contributed by atoms with E-state index in [1.807, 2.05) is 0 Å². The highest BCUT2D eigenvalue weighted by molar-refractivity contribution is 6.14. The molecule has 0 radical (unpaired) electrons. The van der Waals surface area contributed by atoms with Crippen LogP contribution in [0.4, 0.5) is 10.2 Å². The van der Waals surface area contributed by atoms with E-state index in [1.165, 1.54) is 35.7 Å². The van der Waals surface area contributed by atoms with Crippen LogP contribution in [-0.4, -0.2) is 58.1 Å². The molecule has 3 rings (SSSR count). The van der Waals surface area contributed by atoms with Gasteiger partial charge in [0.1, 0.15) is 11.6 Å². The van der Waals surface area contributed by atoms with Crippen LogP contribution in [0.3, 0.4) is 0 Å². The van der Waals surface area contributed by atoms with E-state index in [0.29, 0.717) is 17.8 Å². The third-order valence-corrected chi connectivity index (χ3v) is 6.02. The van der Waals surface area contributed by atoms with Crippen molar-refractivity contribution in [3.05, 3.63) is 46.9 Å². The standard InChI is InChI=1S/C23H32FN5O2/c1-15-10-11-16(2)29(15)13-7-12-25-14-20(30)26-23-21(17(3)27-28(23)4)22(31)18-8-5-6-9-19(18)24/h5-6,8-9,15-16,25H,7,10-14H2,1-4H3,(H,26,30). The van der Waals surface area contributed by atoms with Gasteiger partial charge in [0, 0.05) is 19.1 Å². The monoisotopic (exact) mass is 429 g/mol. The number of carbonyl (C=O) groups is 2. The van der Waals surface area contributed by atoms with Crippen molar-refractivity contribution >= 4 is 17.5 Å². The predicted octanol–water partition coefficient (Wildman–Crippen LogP) is 2.89. The first-order chi connectivity index (χ1) is 14.8. The van der Waals surface area contributed by atoms with Gasteiger partial charge in [-0.15, -0.1) is 0 Å². The van der Waals surface area contributed by atoms with Crippen LogP contribution in [0.25, 0.3) is 0 Å². The molecule has 2 heterocycles. The van der Waals surface area contributed by atoms with Crippen LogP contribution < -0.4 is 10.6 Å². The summed E-state index contributed by atoms with van der Waals surface area (Å²) in [7, 11) is 1.65. The number of amides is 1. The van der Waals surface area contributed by atoms with E-state index in [1.54, 1.807) is 20.0 Å². The minimum atomic E-state index is -0.601. The first-order valence-corrected chi connectivity index (χ1v) is 10.9. The molecule has 31 heavy (non-hydrogen) atoms. The number of carbonyl (C=O) groups excluding carboxylic acids is 2. The highest BCUT2D eigenvalue weighted by atomic mass is 19.1. The minimum Gasteiger partial charge on any atom is -0.309 e. The molecule has 1 amide bonds. The average Bonchev–Trinajstić information content (AvgIpc) is 3.19. The number of ketones is 1. The third-order valence-electron chi connectivity index (χ3n) is 6.02. The highest BCUT2D eigenvalue weighted by Crippen LogP contribution is 2.24. The molecule has 1 saturated heterocycles. The molecule has 7 nitrogen and oxygen atoms in total. The van der Waals surface area contributed by atoms with Gasteiger partial charge in [-0.2, -0.15) is 5.10 Å². The van der Waals surface area contributed by atoms with Crippen molar-refractivity contribution in [3.63, 3.8) is 0 Å². The molecule has 2 aromatic rings. The second-order valence-electron chi connectivity index (χ2n) is 8.33. The van der Waals surface area contributed by atoms with Crippen LogP contribution in [0.5, 0.6) is 0 Å². The van der Waals surface area contributed by atoms with Gasteiger partial charge in [0.2, 0.25) is 11.7 Å². The molecule has 1 aliphatic rings. The van der Waals surface area contributed by atoms with Crippen LogP contribution in [0, 0.1) is 12.7 Å². The quantitative estimate of drug-likeness (QED) is 0.473. The van der Waals surface area contributed by atoms with E-state index in [0.717, 1.165) is 19.5 Å². The van der Waals surface area contributed by atoms with E-state index < -0.39 is 11.6 Å². The zero-order chi connectivity index (χ0) is 22.5. The number of benzene rings is 1. The molecule has 0 bridgehead atoms. The van der Waals surface area contributed by atoms with Gasteiger partial charge in [-0.3, -0.25) is 19.2 Å². The van der Waals surface area contributed by atoms with Crippen LogP contribution in [0.15, 0.2) is 24.3 Å². The van der Waals surface area contributed by atoms with Crippen molar-refractivity contribution in [1.82, 2.24) is 20.0 Å². The Bertz CT molecular complexity index is 932. The molecule has 0 saturated carbocycles. The Labute approximate surface area is 183 Å². The maximum atomic E-state index is 14.1. The van der Waals surface area contributed by atoms with E-state index in [2.05, 4.69) is 34.5 Å². The average molecular weight is 430 g/mol. The van der Waals surface area contributed by atoms with Crippen LogP contribution in [-0.2, 0) is 11.8 Å². The van der Waals surface area contributed by atoms with E-state index in [9.17, 15) is 14.0 Å². The van der Waals surface area contributed by atoms with E-state index >= 15 is 0 Å². The number of anilines is 1. The zero-order valence-corrected chi connectivity index (χ0v) is 18.7. The molecule has 1 aromatic carbocycles. The van der Waals surface area contributed by atoms with Gasteiger partial charge in [0.15, 0.2) is 0 Å². The van der Waals surface area contributed by atoms with Crippen molar-refractivity contribution in [2.45, 2.75) is 52.1 Å². The van der Waals surface area contributed by atoms with Gasteiger partial charge < -0.3 is 10.6 Å². The summed E-state index contributed by atoms with van der Waals surface area (Å²) in [6, 6.07) is 7.05. The highest BCUT2D eigenvalue weighted by Gasteiger charge is 2.26. The summed E-state index contributed by atoms with van der Waals surface area (Å²) in [6.45, 7) is 8.07. The van der Waals surface area contributed by atoms with Gasteiger partial charge in [-0.25, -0.2) is 4.39 Å². The molecule has 0 aliphatic carbocycles. The van der Waals surface area contributed by atoms with Crippen molar-refractivity contribution in [2.24, 2.45) is 7.05 Å². The Balaban J connectivity index is 1.55. The SMILES string of the molecule is Cc1nn(C)c(NC(=O)CNCCCN2C(C)CCC2C)c1C(=O)c1ccccc1F. The van der Waals surface area contributed by atoms with Gasteiger partial charge in [0.05, 0.1) is 23.4 Å². The van der Waals surface area contributed by atoms with Gasteiger partial charge in [-0.05, 0) is 65.3 Å². The molecule has 2 unspecified atom stereocenters. The molecule has 1 aliphatic heterocycles. The fourth-order valence-corrected chi connectivity index (χ4v) is 4.31. The molecule has 8 heteroatoms. The molecule has 1 fully saturated rings. The summed E-state index contributed by atoms with van der Waals surface area (Å²) in [5.41, 5.74) is 0.600. The number of nitrogens with zero attached hydrogens (tertiary/aromatic N) is 3. The second kappa shape index (κ2) is 10.2. The zero-order valence-electron chi connectivity index (χ0n) is 18.7. The Morgan fingerprint density at radius 3 is 2.55 bits per heavy atom. The smallest absolute Gasteiger partial charge is 0.239 e. The molecule has 2 atom stereocenters. The minimum absolute atomic E-state index is 0.0439. The molecule has 168 valence electrons. The summed E-state index contributed by atoms with van der Waals surface area (Å²) >= 11 is 0. The number of aryl methyl sites for hydroxylation is 2. The van der Waals surface area contributed by atoms with Crippen LogP contribution >= 0.6 is 0 Å². The summed E-state index contributed by atoms with van der Waals surface area (Å²) < 4.78 is 15.6. The Hall–Kier alpha value is -2.58. The second-order valence-corrected chi connectivity index (χ2v) is 8.33. The normalized spacial score (nSPS) is 19.0. The lowest BCUT2D eigenvalue weighted by atomic mass is 10.0. The van der Waals surface area contributed by atoms with Gasteiger partial charge >= 0.3 is 0 Å². The summed E-state index contributed by atoms with van der Waals surface area (Å²) in [6.07, 6.45) is 3.45. The number of rotatable bonds is 9. The maximum Gasteiger partial charge on any atom is 0.239 e. The van der Waals surface area contributed by atoms with Crippen molar-refractivity contribution < 1.29 is 14.0 Å². The lowest BCUT2D eigenvalue weighted by Gasteiger charge is -2.25. The fraction of sp³-hybridized carbons (Fsp3) is 0.522. The molecule has 2 N–H and O–H groups in total. The Kier molecular flexibility index (Phi) is 7.56. The van der Waals surface area contributed by atoms with Crippen molar-refractivity contribution in [1.29, 1.82) is 0 Å². The number of hydrogen-bond donors (Lipinski definition) is 2. The number of aromatic nitrogens is 2. The number of halogens is 1. The molecule has 0 spiro atoms. The first kappa shape index (κ1) is 23.1.